The fourth-order valence-corrected chi connectivity index (χ4v) is 4.44. The Morgan fingerprint density at radius 2 is 1.71 bits per heavy atom. The van der Waals surface area contributed by atoms with E-state index < -0.39 is 11.7 Å². The smallest absolute Gasteiger partial charge is 0.325 e. The molecule has 1 N–H and O–H groups in total. The Bertz CT molecular complexity index is 1370. The summed E-state index contributed by atoms with van der Waals surface area (Å²) in [6.07, 6.45) is -3.01. The van der Waals surface area contributed by atoms with Gasteiger partial charge in [0.25, 0.3) is 0 Å². The Labute approximate surface area is 218 Å². The highest BCUT2D eigenvalue weighted by atomic mass is 35.5. The van der Waals surface area contributed by atoms with E-state index in [1.807, 2.05) is 0 Å². The molecule has 1 amide bonds. The quantitative estimate of drug-likeness (QED) is 0.243. The number of thioether (sulfide) groups is 1. The molecule has 0 aliphatic rings. The summed E-state index contributed by atoms with van der Waals surface area (Å²) in [5.41, 5.74) is 1.09. The zero-order valence-corrected chi connectivity index (χ0v) is 20.7. The number of carbonyl (C=O) groups excluding carboxylic acids is 1. The molecule has 0 unspecified atom stereocenters. The van der Waals surface area contributed by atoms with Crippen LogP contribution in [0.1, 0.15) is 5.56 Å². The summed E-state index contributed by atoms with van der Waals surface area (Å²) in [6, 6.07) is 16.4. The fraction of sp³-hybridized carbons (Fsp3) is 0.0833. The molecular formula is C24H15Cl3F3N3OS. The van der Waals surface area contributed by atoms with Crippen molar-refractivity contribution in [3.63, 3.8) is 0 Å². The van der Waals surface area contributed by atoms with Gasteiger partial charge in [0, 0.05) is 22.0 Å². The maximum absolute atomic E-state index is 13.4. The molecule has 35 heavy (non-hydrogen) atoms. The predicted octanol–water partition coefficient (Wildman–Crippen LogP) is 8.25. The van der Waals surface area contributed by atoms with Crippen LogP contribution in [0.2, 0.25) is 15.1 Å². The number of hydrogen-bond acceptors (Lipinski definition) is 3. The summed E-state index contributed by atoms with van der Waals surface area (Å²) in [5.74, 6) is -0.341. The first-order valence-electron chi connectivity index (χ1n) is 10.0. The van der Waals surface area contributed by atoms with Gasteiger partial charge in [-0.15, -0.1) is 0 Å². The molecule has 0 saturated heterocycles. The lowest BCUT2D eigenvalue weighted by molar-refractivity contribution is -0.137. The van der Waals surface area contributed by atoms with Gasteiger partial charge in [0.2, 0.25) is 5.91 Å². The van der Waals surface area contributed by atoms with Crippen LogP contribution in [0.15, 0.2) is 78.1 Å². The van der Waals surface area contributed by atoms with Gasteiger partial charge in [-0.2, -0.15) is 13.2 Å². The second-order valence-corrected chi connectivity index (χ2v) is 9.48. The van der Waals surface area contributed by atoms with Crippen LogP contribution in [0.3, 0.4) is 0 Å². The van der Waals surface area contributed by atoms with Crippen LogP contribution >= 0.6 is 46.6 Å². The molecule has 0 aliphatic carbocycles. The largest absolute Gasteiger partial charge is 0.416 e. The summed E-state index contributed by atoms with van der Waals surface area (Å²) >= 11 is 19.1. The van der Waals surface area contributed by atoms with E-state index in [1.165, 1.54) is 18.3 Å². The van der Waals surface area contributed by atoms with Gasteiger partial charge in [-0.05, 0) is 54.6 Å². The van der Waals surface area contributed by atoms with Crippen molar-refractivity contribution in [1.29, 1.82) is 0 Å². The fourth-order valence-electron chi connectivity index (χ4n) is 3.23. The van der Waals surface area contributed by atoms with E-state index in [4.69, 9.17) is 34.8 Å². The third kappa shape index (κ3) is 6.13. The van der Waals surface area contributed by atoms with Crippen LogP contribution in [-0.2, 0) is 11.0 Å². The van der Waals surface area contributed by atoms with Crippen molar-refractivity contribution >= 4 is 58.2 Å². The molecule has 0 saturated carbocycles. The van der Waals surface area contributed by atoms with Crippen molar-refractivity contribution in [2.24, 2.45) is 0 Å². The van der Waals surface area contributed by atoms with Crippen molar-refractivity contribution in [2.75, 3.05) is 11.1 Å². The molecule has 0 spiro atoms. The molecule has 0 bridgehead atoms. The monoisotopic (exact) mass is 555 g/mol. The normalized spacial score (nSPS) is 11.5. The van der Waals surface area contributed by atoms with Gasteiger partial charge < -0.3 is 5.32 Å². The third-order valence-electron chi connectivity index (χ3n) is 4.84. The summed E-state index contributed by atoms with van der Waals surface area (Å²) < 4.78 is 41.7. The first-order chi connectivity index (χ1) is 16.6. The van der Waals surface area contributed by atoms with Crippen molar-refractivity contribution in [1.82, 2.24) is 9.55 Å². The van der Waals surface area contributed by atoms with Crippen molar-refractivity contribution < 1.29 is 18.0 Å². The van der Waals surface area contributed by atoms with E-state index in [-0.39, 0.29) is 22.4 Å². The number of carbonyl (C=O) groups is 1. The van der Waals surface area contributed by atoms with Crippen LogP contribution in [-0.4, -0.2) is 21.2 Å². The third-order valence-corrected chi connectivity index (χ3v) is 6.78. The number of anilines is 1. The van der Waals surface area contributed by atoms with Crippen molar-refractivity contribution in [2.45, 2.75) is 11.3 Å². The molecule has 0 atom stereocenters. The molecule has 0 radical (unpaired) electrons. The SMILES string of the molecule is O=C(CSc1ncc(-c2ccc(Cl)c(Cl)c2)n1-c1cccc(C(F)(F)F)c1)Nc1ccc(Cl)cc1. The topological polar surface area (TPSA) is 46.9 Å². The maximum atomic E-state index is 13.4. The standard InChI is InChI=1S/C24H15Cl3F3N3OS/c25-16-5-7-17(8-6-16)32-22(34)13-35-23-31-12-21(14-4-9-19(26)20(27)10-14)33(23)18-3-1-2-15(11-18)24(28,29)30/h1-12H,13H2,(H,32,34). The van der Waals surface area contributed by atoms with Gasteiger partial charge in [0.1, 0.15) is 0 Å². The molecule has 4 aromatic rings. The first kappa shape index (κ1) is 25.4. The van der Waals surface area contributed by atoms with Crippen LogP contribution in [0, 0.1) is 0 Å². The summed E-state index contributed by atoms with van der Waals surface area (Å²) in [7, 11) is 0. The molecule has 1 aromatic heterocycles. The Morgan fingerprint density at radius 1 is 0.971 bits per heavy atom. The molecule has 11 heteroatoms. The zero-order chi connectivity index (χ0) is 25.2. The number of rotatable bonds is 6. The van der Waals surface area contributed by atoms with Crippen molar-refractivity contribution in [3.8, 4) is 16.9 Å². The average Bonchev–Trinajstić information content (AvgIpc) is 3.24. The van der Waals surface area contributed by atoms with Crippen molar-refractivity contribution in [3.05, 3.63) is 93.6 Å². The zero-order valence-electron chi connectivity index (χ0n) is 17.6. The lowest BCUT2D eigenvalue weighted by atomic mass is 10.1. The second kappa shape index (κ2) is 10.5. The minimum absolute atomic E-state index is 0.0284. The first-order valence-corrected chi connectivity index (χ1v) is 12.1. The minimum atomic E-state index is -4.52. The number of benzene rings is 3. The highest BCUT2D eigenvalue weighted by Gasteiger charge is 2.31. The van der Waals surface area contributed by atoms with Gasteiger partial charge in [-0.3, -0.25) is 9.36 Å². The highest BCUT2D eigenvalue weighted by molar-refractivity contribution is 7.99. The van der Waals surface area contributed by atoms with E-state index in [2.05, 4.69) is 10.3 Å². The Hall–Kier alpha value is -2.65. The van der Waals surface area contributed by atoms with Crippen LogP contribution in [0.5, 0.6) is 0 Å². The van der Waals surface area contributed by atoms with Gasteiger partial charge in [0.15, 0.2) is 5.16 Å². The summed E-state index contributed by atoms with van der Waals surface area (Å²) in [6.45, 7) is 0. The number of aromatic nitrogens is 2. The lowest BCUT2D eigenvalue weighted by Gasteiger charge is -2.15. The molecule has 1 heterocycles. The van der Waals surface area contributed by atoms with Gasteiger partial charge >= 0.3 is 6.18 Å². The second-order valence-electron chi connectivity index (χ2n) is 7.28. The minimum Gasteiger partial charge on any atom is -0.325 e. The van der Waals surface area contributed by atoms with Gasteiger partial charge in [-0.25, -0.2) is 4.98 Å². The molecular weight excluding hydrogens is 542 g/mol. The number of amides is 1. The van der Waals surface area contributed by atoms with Crippen LogP contribution < -0.4 is 5.32 Å². The van der Waals surface area contributed by atoms with E-state index in [1.54, 1.807) is 47.0 Å². The number of hydrogen-bond donors (Lipinski definition) is 1. The summed E-state index contributed by atoms with van der Waals surface area (Å²) in [4.78, 5) is 16.9. The Kier molecular flexibility index (Phi) is 7.66. The number of halogens is 6. The van der Waals surface area contributed by atoms with Crippen LogP contribution in [0.4, 0.5) is 18.9 Å². The number of imidazole rings is 1. The molecule has 4 rings (SSSR count). The number of nitrogens with zero attached hydrogens (tertiary/aromatic N) is 2. The molecule has 3 aromatic carbocycles. The predicted molar refractivity (Wildman–Crippen MR) is 135 cm³/mol. The Balaban J connectivity index is 1.68. The summed E-state index contributed by atoms with van der Waals surface area (Å²) in [5, 5.41) is 4.24. The lowest BCUT2D eigenvalue weighted by Crippen LogP contribution is -2.14. The maximum Gasteiger partial charge on any atom is 0.416 e. The van der Waals surface area contributed by atoms with E-state index in [0.717, 1.165) is 23.9 Å². The van der Waals surface area contributed by atoms with E-state index in [0.29, 0.717) is 32.1 Å². The van der Waals surface area contributed by atoms with Crippen LogP contribution in [0.25, 0.3) is 16.9 Å². The molecule has 180 valence electrons. The Morgan fingerprint density at radius 3 is 2.40 bits per heavy atom. The molecule has 4 nitrogen and oxygen atoms in total. The number of alkyl halides is 3. The van der Waals surface area contributed by atoms with E-state index >= 15 is 0 Å². The van der Waals surface area contributed by atoms with E-state index in [9.17, 15) is 18.0 Å². The number of nitrogens with one attached hydrogen (secondary N) is 1. The molecule has 0 aliphatic heterocycles. The highest BCUT2D eigenvalue weighted by Crippen LogP contribution is 2.35. The van der Waals surface area contributed by atoms with Gasteiger partial charge in [-0.1, -0.05) is 58.7 Å². The average molecular weight is 557 g/mol. The molecule has 0 fully saturated rings. The van der Waals surface area contributed by atoms with Gasteiger partial charge in [0.05, 0.1) is 33.3 Å².